The molecule has 2 heteroatoms. The average molecular weight is 289 g/mol. The van der Waals surface area contributed by atoms with Gasteiger partial charge in [-0.2, -0.15) is 0 Å². The summed E-state index contributed by atoms with van der Waals surface area (Å²) < 4.78 is 0. The Labute approximate surface area is 127 Å². The van der Waals surface area contributed by atoms with Gasteiger partial charge in [-0.05, 0) is 81.8 Å². The third-order valence-corrected chi connectivity index (χ3v) is 7.39. The molecule has 1 aromatic heterocycles. The Balaban J connectivity index is 1.48. The zero-order valence-corrected chi connectivity index (χ0v) is 13.6. The molecule has 0 amide bonds. The van der Waals surface area contributed by atoms with E-state index in [-0.39, 0.29) is 0 Å². The predicted octanol–water partition coefficient (Wildman–Crippen LogP) is 4.92. The average Bonchev–Trinajstić information content (AvgIpc) is 2.83. The first-order valence-corrected chi connectivity index (χ1v) is 9.33. The molecular weight excluding hydrogens is 262 g/mol. The Bertz CT molecular complexity index is 474. The second kappa shape index (κ2) is 5.14. The number of thiophene rings is 1. The summed E-state index contributed by atoms with van der Waals surface area (Å²) in [5, 5.41) is 4.01. The number of aryl methyl sites for hydroxylation is 1. The highest BCUT2D eigenvalue weighted by Gasteiger charge is 2.45. The topological polar surface area (TPSA) is 12.0 Å². The molecule has 6 unspecified atom stereocenters. The van der Waals surface area contributed by atoms with Gasteiger partial charge in [-0.1, -0.05) is 6.42 Å². The lowest BCUT2D eigenvalue weighted by atomic mass is 9.56. The van der Waals surface area contributed by atoms with Gasteiger partial charge in [-0.15, -0.1) is 11.3 Å². The van der Waals surface area contributed by atoms with Crippen molar-refractivity contribution in [2.75, 3.05) is 0 Å². The fourth-order valence-electron chi connectivity index (χ4n) is 5.40. The molecule has 0 aliphatic heterocycles. The molecule has 3 saturated carbocycles. The zero-order chi connectivity index (χ0) is 13.7. The van der Waals surface area contributed by atoms with E-state index in [1.165, 1.54) is 35.4 Å². The van der Waals surface area contributed by atoms with Crippen LogP contribution in [0.3, 0.4) is 0 Å². The van der Waals surface area contributed by atoms with E-state index in [4.69, 9.17) is 0 Å². The summed E-state index contributed by atoms with van der Waals surface area (Å²) in [5.74, 6) is 4.15. The standard InChI is InChI=1S/C18H27NS/c1-11-3-6-18(20-11)12(2)19-17-10-14-7-13-4-5-16(17)15(8-13)9-14/h3,6,12-17,19H,4-5,7-10H2,1-2H3. The predicted molar refractivity (Wildman–Crippen MR) is 86.1 cm³/mol. The maximum atomic E-state index is 4.01. The summed E-state index contributed by atoms with van der Waals surface area (Å²) in [7, 11) is 0. The van der Waals surface area contributed by atoms with Gasteiger partial charge in [0.1, 0.15) is 0 Å². The minimum absolute atomic E-state index is 0.537. The summed E-state index contributed by atoms with van der Waals surface area (Å²) >= 11 is 1.96. The van der Waals surface area contributed by atoms with E-state index in [0.717, 1.165) is 29.7 Å². The van der Waals surface area contributed by atoms with Crippen LogP contribution in [0.4, 0.5) is 0 Å². The highest BCUT2D eigenvalue weighted by Crippen LogP contribution is 2.52. The van der Waals surface area contributed by atoms with Crippen LogP contribution in [0.25, 0.3) is 0 Å². The Morgan fingerprint density at radius 1 is 1.10 bits per heavy atom. The number of rotatable bonds is 3. The van der Waals surface area contributed by atoms with Crippen LogP contribution < -0.4 is 5.32 Å². The van der Waals surface area contributed by atoms with E-state index >= 15 is 0 Å². The molecule has 6 atom stereocenters. The van der Waals surface area contributed by atoms with Crippen LogP contribution in [0.5, 0.6) is 0 Å². The van der Waals surface area contributed by atoms with E-state index < -0.39 is 0 Å². The summed E-state index contributed by atoms with van der Waals surface area (Å²) in [6.07, 6.45) is 9.09. The Morgan fingerprint density at radius 3 is 2.75 bits per heavy atom. The lowest BCUT2D eigenvalue weighted by Crippen LogP contribution is -2.51. The van der Waals surface area contributed by atoms with Crippen LogP contribution in [-0.2, 0) is 0 Å². The normalized spacial score (nSPS) is 40.8. The largest absolute Gasteiger partial charge is 0.306 e. The minimum Gasteiger partial charge on any atom is -0.306 e. The number of hydrogen-bond acceptors (Lipinski definition) is 2. The molecule has 0 spiro atoms. The van der Waals surface area contributed by atoms with Crippen LogP contribution in [0.2, 0.25) is 0 Å². The molecule has 3 aliphatic rings. The van der Waals surface area contributed by atoms with E-state index in [9.17, 15) is 0 Å². The summed E-state index contributed by atoms with van der Waals surface area (Å²) in [6.45, 7) is 4.58. The third-order valence-electron chi connectivity index (χ3n) is 6.21. The quantitative estimate of drug-likeness (QED) is 0.832. The SMILES string of the molecule is Cc1ccc(C(C)NC2CC3CC4CCC2C(C4)C3)s1. The van der Waals surface area contributed by atoms with Gasteiger partial charge in [0.25, 0.3) is 0 Å². The van der Waals surface area contributed by atoms with E-state index in [0.29, 0.717) is 6.04 Å². The van der Waals surface area contributed by atoms with Crippen molar-refractivity contribution in [1.82, 2.24) is 5.32 Å². The van der Waals surface area contributed by atoms with Crippen LogP contribution in [-0.4, -0.2) is 6.04 Å². The van der Waals surface area contributed by atoms with Gasteiger partial charge in [0.2, 0.25) is 0 Å². The van der Waals surface area contributed by atoms with Gasteiger partial charge < -0.3 is 5.32 Å². The summed E-state index contributed by atoms with van der Waals surface area (Å²) in [6, 6.07) is 5.91. The molecule has 4 rings (SSSR count). The number of fused-ring (bicyclic) bond motifs is 2. The molecule has 110 valence electrons. The molecule has 3 bridgehead atoms. The molecule has 1 heterocycles. The maximum absolute atomic E-state index is 4.01. The second-order valence-electron chi connectivity index (χ2n) is 7.62. The summed E-state index contributed by atoms with van der Waals surface area (Å²) in [5.41, 5.74) is 0. The van der Waals surface area contributed by atoms with Crippen LogP contribution in [0, 0.1) is 30.6 Å². The van der Waals surface area contributed by atoms with Gasteiger partial charge in [0, 0.05) is 21.8 Å². The number of nitrogens with one attached hydrogen (secondary N) is 1. The van der Waals surface area contributed by atoms with E-state index in [1.807, 2.05) is 11.3 Å². The van der Waals surface area contributed by atoms with Crippen molar-refractivity contribution in [3.05, 3.63) is 21.9 Å². The molecule has 0 radical (unpaired) electrons. The van der Waals surface area contributed by atoms with Crippen molar-refractivity contribution in [2.45, 2.75) is 64.5 Å². The zero-order valence-electron chi connectivity index (χ0n) is 12.8. The molecule has 1 nitrogen and oxygen atoms in total. The Morgan fingerprint density at radius 2 is 1.95 bits per heavy atom. The van der Waals surface area contributed by atoms with Crippen LogP contribution in [0.1, 0.15) is 61.2 Å². The molecule has 1 aromatic rings. The molecule has 3 fully saturated rings. The second-order valence-corrected chi connectivity index (χ2v) is 8.94. The lowest BCUT2D eigenvalue weighted by molar-refractivity contribution is 0.00383. The monoisotopic (exact) mass is 289 g/mol. The van der Waals surface area contributed by atoms with Crippen molar-refractivity contribution in [3.63, 3.8) is 0 Å². The van der Waals surface area contributed by atoms with Crippen molar-refractivity contribution in [1.29, 1.82) is 0 Å². The molecule has 1 N–H and O–H groups in total. The van der Waals surface area contributed by atoms with E-state index in [2.05, 4.69) is 31.3 Å². The van der Waals surface area contributed by atoms with E-state index in [1.54, 1.807) is 12.8 Å². The summed E-state index contributed by atoms with van der Waals surface area (Å²) in [4.78, 5) is 2.96. The third kappa shape index (κ3) is 2.35. The van der Waals surface area contributed by atoms with Crippen LogP contribution in [0.15, 0.2) is 12.1 Å². The van der Waals surface area contributed by atoms with Crippen molar-refractivity contribution < 1.29 is 0 Å². The van der Waals surface area contributed by atoms with Gasteiger partial charge in [0.05, 0.1) is 0 Å². The minimum atomic E-state index is 0.537. The first-order chi connectivity index (χ1) is 9.69. The lowest BCUT2D eigenvalue weighted by Gasteiger charge is -2.52. The number of hydrogen-bond donors (Lipinski definition) is 1. The molecule has 0 aromatic carbocycles. The maximum Gasteiger partial charge on any atom is 0.0388 e. The van der Waals surface area contributed by atoms with Crippen molar-refractivity contribution >= 4 is 11.3 Å². The van der Waals surface area contributed by atoms with Crippen molar-refractivity contribution in [2.24, 2.45) is 23.7 Å². The fourth-order valence-corrected chi connectivity index (χ4v) is 6.29. The molecule has 3 aliphatic carbocycles. The molecular formula is C18H27NS. The fraction of sp³-hybridized carbons (Fsp3) is 0.778. The van der Waals surface area contributed by atoms with Gasteiger partial charge >= 0.3 is 0 Å². The Hall–Kier alpha value is -0.340. The highest BCUT2D eigenvalue weighted by molar-refractivity contribution is 7.12. The molecule has 0 saturated heterocycles. The van der Waals surface area contributed by atoms with Gasteiger partial charge in [-0.25, -0.2) is 0 Å². The van der Waals surface area contributed by atoms with Crippen LogP contribution >= 0.6 is 11.3 Å². The highest BCUT2D eigenvalue weighted by atomic mass is 32.1. The van der Waals surface area contributed by atoms with Gasteiger partial charge in [0.15, 0.2) is 0 Å². The Kier molecular flexibility index (Phi) is 3.42. The molecule has 20 heavy (non-hydrogen) atoms. The first-order valence-electron chi connectivity index (χ1n) is 8.51. The first kappa shape index (κ1) is 13.3. The smallest absolute Gasteiger partial charge is 0.0388 e. The van der Waals surface area contributed by atoms with Gasteiger partial charge in [-0.3, -0.25) is 0 Å². The van der Waals surface area contributed by atoms with Crippen molar-refractivity contribution in [3.8, 4) is 0 Å².